The van der Waals surface area contributed by atoms with E-state index in [0.717, 1.165) is 18.4 Å². The number of ether oxygens (including phenoxy) is 1. The van der Waals surface area contributed by atoms with Crippen LogP contribution in [0.2, 0.25) is 0 Å². The summed E-state index contributed by atoms with van der Waals surface area (Å²) in [5.74, 6) is -3.36. The lowest BCUT2D eigenvalue weighted by Crippen LogP contribution is -2.74. The summed E-state index contributed by atoms with van der Waals surface area (Å²) in [6.07, 6.45) is 0. The fraction of sp³-hybridized carbons (Fsp3) is 0.417. The molecule has 1 saturated heterocycles. The number of aromatic nitrogens is 1. The first-order valence-electron chi connectivity index (χ1n) is 7.22. The van der Waals surface area contributed by atoms with Crippen LogP contribution in [-0.2, 0) is 34.3 Å². The second kappa shape index (κ2) is 7.85. The molecule has 1 aromatic rings. The lowest BCUT2D eigenvalue weighted by Gasteiger charge is -2.41. The number of thiazole rings is 1. The molecule has 4 N–H and O–H groups in total. The molecule has 15 heteroatoms. The number of hydrogen-bond acceptors (Lipinski definition) is 11. The molecule has 1 aliphatic rings. The van der Waals surface area contributed by atoms with E-state index in [1.807, 2.05) is 0 Å². The van der Waals surface area contributed by atoms with Crippen LogP contribution in [0.15, 0.2) is 10.5 Å². The number of esters is 1. The predicted octanol–water partition coefficient (Wildman–Crippen LogP) is -1.86. The van der Waals surface area contributed by atoms with Gasteiger partial charge in [0.25, 0.3) is 11.8 Å². The summed E-state index contributed by atoms with van der Waals surface area (Å²) in [4.78, 5) is 45.0. The molecule has 0 saturated carbocycles. The van der Waals surface area contributed by atoms with E-state index in [9.17, 15) is 22.8 Å². The molecule has 0 spiro atoms. The van der Waals surface area contributed by atoms with Crippen molar-refractivity contribution in [1.29, 1.82) is 0 Å². The van der Waals surface area contributed by atoms with Gasteiger partial charge in [-0.05, 0) is 6.92 Å². The van der Waals surface area contributed by atoms with Gasteiger partial charge >= 0.3 is 16.3 Å². The van der Waals surface area contributed by atoms with Crippen LogP contribution >= 0.6 is 11.3 Å². The number of oxime groups is 1. The van der Waals surface area contributed by atoms with Gasteiger partial charge in [-0.1, -0.05) is 5.16 Å². The zero-order chi connectivity index (χ0) is 20.4. The molecule has 0 bridgehead atoms. The van der Waals surface area contributed by atoms with Crippen LogP contribution in [-0.4, -0.2) is 71.6 Å². The van der Waals surface area contributed by atoms with Crippen LogP contribution < -0.4 is 11.1 Å². The molecule has 2 heterocycles. The molecule has 0 radical (unpaired) electrons. The van der Waals surface area contributed by atoms with E-state index < -0.39 is 40.2 Å². The third kappa shape index (κ3) is 4.15. The molecule has 1 fully saturated rings. The number of anilines is 1. The Hall–Kier alpha value is -2.78. The van der Waals surface area contributed by atoms with Gasteiger partial charge in [0.05, 0.1) is 7.11 Å². The fourth-order valence-electron chi connectivity index (χ4n) is 2.15. The maximum Gasteiger partial charge on any atom is 0.363 e. The number of amides is 2. The minimum absolute atomic E-state index is 0.0523. The zero-order valence-corrected chi connectivity index (χ0v) is 15.6. The first kappa shape index (κ1) is 20.5. The summed E-state index contributed by atoms with van der Waals surface area (Å²) in [5.41, 5.74) is 5.23. The normalized spacial score (nSPS) is 20.0. The summed E-state index contributed by atoms with van der Waals surface area (Å²) in [6, 6.07) is -3.37. The number of nitrogens with one attached hydrogen (secondary N) is 1. The van der Waals surface area contributed by atoms with E-state index in [2.05, 4.69) is 20.2 Å². The Morgan fingerprint density at radius 2 is 2.19 bits per heavy atom. The van der Waals surface area contributed by atoms with E-state index in [4.69, 9.17) is 15.1 Å². The van der Waals surface area contributed by atoms with Crippen molar-refractivity contribution >= 4 is 50.3 Å². The molecule has 27 heavy (non-hydrogen) atoms. The maximum atomic E-state index is 12.5. The highest BCUT2D eigenvalue weighted by atomic mass is 32.2. The van der Waals surface area contributed by atoms with Crippen LogP contribution in [0.3, 0.4) is 0 Å². The molecule has 2 amide bonds. The Bertz CT molecular complexity index is 895. The lowest BCUT2D eigenvalue weighted by atomic mass is 9.98. The van der Waals surface area contributed by atoms with Crippen molar-refractivity contribution in [3.63, 3.8) is 0 Å². The van der Waals surface area contributed by atoms with Crippen molar-refractivity contribution < 1.29 is 36.9 Å². The Morgan fingerprint density at radius 3 is 2.67 bits per heavy atom. The summed E-state index contributed by atoms with van der Waals surface area (Å²) < 4.78 is 35.9. The molecule has 0 aromatic carbocycles. The van der Waals surface area contributed by atoms with Crippen molar-refractivity contribution in [2.75, 3.05) is 19.5 Å². The molecule has 13 nitrogen and oxygen atoms in total. The first-order valence-corrected chi connectivity index (χ1v) is 9.50. The number of nitrogens with zero attached hydrogens (tertiary/aromatic N) is 3. The van der Waals surface area contributed by atoms with Gasteiger partial charge in [0.15, 0.2) is 16.9 Å². The van der Waals surface area contributed by atoms with Crippen molar-refractivity contribution in [1.82, 2.24) is 14.6 Å². The largest absolute Gasteiger partial charge is 0.467 e. The highest BCUT2D eigenvalue weighted by molar-refractivity contribution is 7.84. The third-order valence-electron chi connectivity index (χ3n) is 3.29. The SMILES string of the molecule is CCON=C(C(=O)NC1C(=O)N(S(=O)(=O)O)C1C(=O)OC)c1csc(N)n1. The van der Waals surface area contributed by atoms with E-state index in [-0.39, 0.29) is 27.4 Å². The number of hydrogen-bond donors (Lipinski definition) is 3. The molecule has 2 unspecified atom stereocenters. The van der Waals surface area contributed by atoms with Crippen molar-refractivity contribution in [2.45, 2.75) is 19.0 Å². The van der Waals surface area contributed by atoms with Crippen molar-refractivity contribution in [3.8, 4) is 0 Å². The van der Waals surface area contributed by atoms with Crippen LogP contribution in [0.1, 0.15) is 12.6 Å². The van der Waals surface area contributed by atoms with Crippen molar-refractivity contribution in [3.05, 3.63) is 11.1 Å². The predicted molar refractivity (Wildman–Crippen MR) is 90.8 cm³/mol. The van der Waals surface area contributed by atoms with E-state index in [1.54, 1.807) is 6.92 Å². The van der Waals surface area contributed by atoms with Gasteiger partial charge in [-0.25, -0.2) is 9.78 Å². The lowest BCUT2D eigenvalue weighted by molar-refractivity contribution is -0.162. The highest BCUT2D eigenvalue weighted by Crippen LogP contribution is 2.25. The number of nitrogens with two attached hydrogens (primary N) is 1. The highest BCUT2D eigenvalue weighted by Gasteiger charge is 2.58. The number of methoxy groups -OCH3 is 1. The second-order valence-electron chi connectivity index (χ2n) is 4.96. The number of rotatable bonds is 7. The second-order valence-corrected chi connectivity index (χ2v) is 7.14. The molecule has 2 atom stereocenters. The molecular formula is C12H15N5O8S2. The smallest absolute Gasteiger partial charge is 0.363 e. The average molecular weight is 421 g/mol. The zero-order valence-electron chi connectivity index (χ0n) is 14.0. The Labute approximate surface area is 157 Å². The maximum absolute atomic E-state index is 12.5. The summed E-state index contributed by atoms with van der Waals surface area (Å²) >= 11 is 1.02. The van der Waals surface area contributed by atoms with E-state index in [0.29, 0.717) is 0 Å². The van der Waals surface area contributed by atoms with Gasteiger partial charge in [-0.2, -0.15) is 12.7 Å². The monoisotopic (exact) mass is 421 g/mol. The standard InChI is InChI=1S/C12H15N5O8S2/c1-3-25-16-6(5-4-26-12(13)14-5)9(18)15-7-8(11(20)24-2)17(10(7)19)27(21,22)23/h4,7-8H,3H2,1-2H3,(H2,13,14)(H,15,18)(H,21,22,23). The number of carbonyl (C=O) groups is 3. The van der Waals surface area contributed by atoms with Crippen LogP contribution in [0.25, 0.3) is 0 Å². The van der Waals surface area contributed by atoms with Gasteiger partial charge in [0.1, 0.15) is 18.3 Å². The quantitative estimate of drug-likeness (QED) is 0.148. The number of nitrogen functional groups attached to an aromatic ring is 1. The minimum atomic E-state index is -5.02. The average Bonchev–Trinajstić information content (AvgIpc) is 3.01. The molecule has 1 aromatic heterocycles. The number of β-lactam (4-membered cyclic amide) rings is 1. The Kier molecular flexibility index (Phi) is 5.97. The summed E-state index contributed by atoms with van der Waals surface area (Å²) in [5, 5.41) is 7.32. The van der Waals surface area contributed by atoms with Crippen LogP contribution in [0, 0.1) is 0 Å². The minimum Gasteiger partial charge on any atom is -0.467 e. The third-order valence-corrected chi connectivity index (χ3v) is 4.87. The molecule has 148 valence electrons. The van der Waals surface area contributed by atoms with Gasteiger partial charge in [0, 0.05) is 5.38 Å². The van der Waals surface area contributed by atoms with E-state index in [1.165, 1.54) is 5.38 Å². The molecule has 1 aliphatic heterocycles. The van der Waals surface area contributed by atoms with Gasteiger partial charge < -0.3 is 20.6 Å². The van der Waals surface area contributed by atoms with Gasteiger partial charge in [0.2, 0.25) is 0 Å². The van der Waals surface area contributed by atoms with Gasteiger partial charge in [-0.3, -0.25) is 14.1 Å². The summed E-state index contributed by atoms with van der Waals surface area (Å²) in [7, 11) is -4.07. The Balaban J connectivity index is 2.28. The summed E-state index contributed by atoms with van der Waals surface area (Å²) in [6.45, 7) is 1.74. The van der Waals surface area contributed by atoms with E-state index >= 15 is 0 Å². The fourth-order valence-corrected chi connectivity index (χ4v) is 3.54. The molecule has 0 aliphatic carbocycles. The first-order chi connectivity index (χ1) is 12.6. The van der Waals surface area contributed by atoms with Gasteiger partial charge in [-0.15, -0.1) is 11.3 Å². The van der Waals surface area contributed by atoms with Crippen molar-refractivity contribution in [2.24, 2.45) is 5.16 Å². The number of carbonyl (C=O) groups excluding carboxylic acids is 3. The van der Waals surface area contributed by atoms with Crippen LogP contribution in [0.4, 0.5) is 5.13 Å². The molecule has 2 rings (SSSR count). The Morgan fingerprint density at radius 1 is 1.52 bits per heavy atom. The van der Waals surface area contributed by atoms with Crippen LogP contribution in [0.5, 0.6) is 0 Å². The topological polar surface area (TPSA) is 191 Å². The molecular weight excluding hydrogens is 406 g/mol.